The number of pyridine rings is 1. The molecule has 3 aromatic carbocycles. The normalized spacial score (nSPS) is 12.0. The molecule has 32 heavy (non-hydrogen) atoms. The minimum Gasteiger partial charge on any atom is -0.505 e. The van der Waals surface area contributed by atoms with E-state index in [1.165, 1.54) is 0 Å². The number of hydrogen-bond acceptors (Lipinski definition) is 4. The van der Waals surface area contributed by atoms with Gasteiger partial charge in [-0.25, -0.2) is 0 Å². The first kappa shape index (κ1) is 22.1. The first-order chi connectivity index (χ1) is 15.5. The van der Waals surface area contributed by atoms with Crippen LogP contribution < -0.4 is 10.2 Å². The van der Waals surface area contributed by atoms with Crippen molar-refractivity contribution in [1.82, 2.24) is 10.3 Å². The van der Waals surface area contributed by atoms with E-state index in [2.05, 4.69) is 10.3 Å². The molecule has 1 heterocycles. The van der Waals surface area contributed by atoms with Gasteiger partial charge in [-0.15, -0.1) is 0 Å². The number of carbonyl (C=O) groups is 1. The van der Waals surface area contributed by atoms with Gasteiger partial charge in [0.25, 0.3) is 0 Å². The van der Waals surface area contributed by atoms with Crippen molar-refractivity contribution in [2.45, 2.75) is 6.04 Å². The van der Waals surface area contributed by atoms with E-state index in [9.17, 15) is 9.90 Å². The molecular weight excluding hydrogens is 445 g/mol. The Balaban J connectivity index is 2.04. The number of aromatic nitrogens is 1. The lowest BCUT2D eigenvalue weighted by molar-refractivity contribution is -0.118. The molecule has 7 heteroatoms. The van der Waals surface area contributed by atoms with E-state index in [1.807, 2.05) is 48.5 Å². The average Bonchev–Trinajstić information content (AvgIpc) is 2.81. The van der Waals surface area contributed by atoms with Crippen LogP contribution in [0, 0.1) is 0 Å². The number of nitrogens with one attached hydrogen (secondary N) is 1. The van der Waals surface area contributed by atoms with Crippen molar-refractivity contribution in [1.29, 1.82) is 0 Å². The fraction of sp³-hybridized carbons (Fsp3) is 0.120. The number of hydrogen-bond donors (Lipinski definition) is 2. The van der Waals surface area contributed by atoms with Crippen molar-refractivity contribution in [3.05, 3.63) is 100 Å². The van der Waals surface area contributed by atoms with Gasteiger partial charge in [0, 0.05) is 27.9 Å². The third-order valence-electron chi connectivity index (χ3n) is 5.23. The van der Waals surface area contributed by atoms with Crippen LogP contribution in [0.3, 0.4) is 0 Å². The van der Waals surface area contributed by atoms with Crippen molar-refractivity contribution in [2.75, 3.05) is 18.5 Å². The van der Waals surface area contributed by atoms with Gasteiger partial charge in [0.15, 0.2) is 0 Å². The van der Waals surface area contributed by atoms with E-state index < -0.39 is 6.04 Å². The maximum atomic E-state index is 13.4. The summed E-state index contributed by atoms with van der Waals surface area (Å²) in [7, 11) is 1.71. The highest BCUT2D eigenvalue weighted by Gasteiger charge is 2.32. The number of anilines is 1. The van der Waals surface area contributed by atoms with Crippen LogP contribution in [0.4, 0.5) is 5.69 Å². The molecule has 0 aliphatic heterocycles. The number of benzene rings is 3. The van der Waals surface area contributed by atoms with Crippen LogP contribution in [-0.2, 0) is 4.79 Å². The summed E-state index contributed by atoms with van der Waals surface area (Å²) in [5.74, 6) is -0.242. The predicted molar refractivity (Wildman–Crippen MR) is 130 cm³/mol. The zero-order chi connectivity index (χ0) is 22.7. The van der Waals surface area contributed by atoms with E-state index in [1.54, 1.807) is 42.4 Å². The van der Waals surface area contributed by atoms with Crippen LogP contribution in [0.2, 0.25) is 10.0 Å². The number of fused-ring (bicyclic) bond motifs is 1. The Morgan fingerprint density at radius 3 is 2.44 bits per heavy atom. The number of para-hydroxylation sites is 1. The smallest absolute Gasteiger partial charge is 0.241 e. The molecule has 162 valence electrons. The Kier molecular flexibility index (Phi) is 6.61. The van der Waals surface area contributed by atoms with Gasteiger partial charge in [0.05, 0.1) is 17.6 Å². The van der Waals surface area contributed by atoms with Crippen LogP contribution in [-0.4, -0.2) is 29.6 Å². The molecule has 0 aliphatic rings. The monoisotopic (exact) mass is 465 g/mol. The molecule has 1 atom stereocenters. The van der Waals surface area contributed by atoms with Gasteiger partial charge in [-0.3, -0.25) is 14.7 Å². The zero-order valence-corrected chi connectivity index (χ0v) is 18.8. The second-order valence-corrected chi connectivity index (χ2v) is 8.06. The lowest BCUT2D eigenvalue weighted by Gasteiger charge is -2.34. The quantitative estimate of drug-likeness (QED) is 0.389. The highest BCUT2D eigenvalue weighted by molar-refractivity contribution is 6.35. The first-order valence-electron chi connectivity index (χ1n) is 10.0. The van der Waals surface area contributed by atoms with E-state index in [4.69, 9.17) is 23.2 Å². The van der Waals surface area contributed by atoms with Gasteiger partial charge < -0.3 is 10.4 Å². The number of likely N-dealkylation sites (N-methyl/N-ethyl adjacent to an activating group) is 1. The van der Waals surface area contributed by atoms with E-state index >= 15 is 0 Å². The SMILES string of the molecule is CNCC(=O)N(c1ccccc1)C(c1ccccc1Cl)c1cc(Cl)c2cccnc2c1O. The maximum absolute atomic E-state index is 13.4. The first-order valence-corrected chi connectivity index (χ1v) is 10.8. The molecular formula is C25H21Cl2N3O2. The second-order valence-electron chi connectivity index (χ2n) is 7.25. The second kappa shape index (κ2) is 9.57. The summed E-state index contributed by atoms with van der Waals surface area (Å²) in [6, 6.07) is 21.0. The van der Waals surface area contributed by atoms with Crippen LogP contribution in [0.15, 0.2) is 79.0 Å². The summed E-state index contributed by atoms with van der Waals surface area (Å²) in [4.78, 5) is 19.3. The average molecular weight is 466 g/mol. The number of amides is 1. The molecule has 1 unspecified atom stereocenters. The van der Waals surface area contributed by atoms with Crippen LogP contribution in [0.5, 0.6) is 5.75 Å². The summed E-state index contributed by atoms with van der Waals surface area (Å²) in [5, 5.41) is 15.7. The largest absolute Gasteiger partial charge is 0.505 e. The zero-order valence-electron chi connectivity index (χ0n) is 17.3. The molecule has 1 amide bonds. The third-order valence-corrected chi connectivity index (χ3v) is 5.89. The van der Waals surface area contributed by atoms with Gasteiger partial charge in [-0.05, 0) is 49.0 Å². The van der Waals surface area contributed by atoms with E-state index in [0.717, 1.165) is 0 Å². The minimum atomic E-state index is -0.740. The molecule has 0 saturated carbocycles. The lowest BCUT2D eigenvalue weighted by Crippen LogP contribution is -2.40. The molecule has 4 aromatic rings. The number of carbonyl (C=O) groups excluding carboxylic acids is 1. The molecule has 0 spiro atoms. The summed E-state index contributed by atoms with van der Waals surface area (Å²) in [5.41, 5.74) is 2.11. The Labute approximate surface area is 196 Å². The van der Waals surface area contributed by atoms with Crippen molar-refractivity contribution in [3.8, 4) is 5.75 Å². The Bertz CT molecular complexity index is 1260. The summed E-state index contributed by atoms with van der Waals surface area (Å²) in [6.45, 7) is 0.0934. The lowest BCUT2D eigenvalue weighted by atomic mass is 9.94. The van der Waals surface area contributed by atoms with Crippen LogP contribution in [0.1, 0.15) is 17.2 Å². The standard InChI is InChI=1S/C25H21Cl2N3O2/c1-28-15-22(31)30(16-8-3-2-4-9-16)24(18-10-5-6-12-20(18)26)19-14-21(27)17-11-7-13-29-23(17)25(19)32/h2-14,24,28,32H,15H2,1H3. The number of halogens is 2. The van der Waals surface area contributed by atoms with Gasteiger partial charge in [-0.2, -0.15) is 0 Å². The predicted octanol–water partition coefficient (Wildman–Crippen LogP) is 5.59. The highest BCUT2D eigenvalue weighted by atomic mass is 35.5. The summed E-state index contributed by atoms with van der Waals surface area (Å²) < 4.78 is 0. The van der Waals surface area contributed by atoms with Crippen molar-refractivity contribution in [2.24, 2.45) is 0 Å². The minimum absolute atomic E-state index is 0.0480. The molecule has 0 aliphatic carbocycles. The molecule has 5 nitrogen and oxygen atoms in total. The molecule has 0 fully saturated rings. The molecule has 0 radical (unpaired) electrons. The number of aromatic hydroxyl groups is 1. The molecule has 2 N–H and O–H groups in total. The Hall–Kier alpha value is -3.12. The number of rotatable bonds is 6. The van der Waals surface area contributed by atoms with Crippen molar-refractivity contribution < 1.29 is 9.90 Å². The molecule has 0 bridgehead atoms. The van der Waals surface area contributed by atoms with Crippen molar-refractivity contribution in [3.63, 3.8) is 0 Å². The fourth-order valence-corrected chi connectivity index (χ4v) is 4.33. The van der Waals surface area contributed by atoms with Crippen LogP contribution >= 0.6 is 23.2 Å². The highest BCUT2D eigenvalue weighted by Crippen LogP contribution is 2.44. The molecule has 0 saturated heterocycles. The van der Waals surface area contributed by atoms with Gasteiger partial charge in [0.2, 0.25) is 5.91 Å². The van der Waals surface area contributed by atoms with E-state index in [-0.39, 0.29) is 18.2 Å². The summed E-state index contributed by atoms with van der Waals surface area (Å²) >= 11 is 13.2. The number of phenolic OH excluding ortho intramolecular Hbond substituents is 1. The summed E-state index contributed by atoms with van der Waals surface area (Å²) in [6.07, 6.45) is 1.59. The number of nitrogens with zero attached hydrogens (tertiary/aromatic N) is 2. The van der Waals surface area contributed by atoms with E-state index in [0.29, 0.717) is 37.8 Å². The van der Waals surface area contributed by atoms with Crippen LogP contribution in [0.25, 0.3) is 10.9 Å². The Morgan fingerprint density at radius 2 is 1.72 bits per heavy atom. The van der Waals surface area contributed by atoms with Crippen molar-refractivity contribution >= 4 is 45.7 Å². The van der Waals surface area contributed by atoms with Gasteiger partial charge in [0.1, 0.15) is 11.3 Å². The van der Waals surface area contributed by atoms with Gasteiger partial charge in [-0.1, -0.05) is 59.6 Å². The maximum Gasteiger partial charge on any atom is 0.241 e. The Morgan fingerprint density at radius 1 is 1.00 bits per heavy atom. The van der Waals surface area contributed by atoms with Gasteiger partial charge >= 0.3 is 0 Å². The third kappa shape index (κ3) is 4.15. The fourth-order valence-electron chi connectivity index (χ4n) is 3.82. The molecule has 1 aromatic heterocycles. The molecule has 4 rings (SSSR count). The number of phenols is 1. The topological polar surface area (TPSA) is 65.5 Å².